The summed E-state index contributed by atoms with van der Waals surface area (Å²) in [5.41, 5.74) is 3.84. The number of nitrogens with one attached hydrogen (secondary N) is 1. The molecule has 0 spiro atoms. The first-order chi connectivity index (χ1) is 8.72. The summed E-state index contributed by atoms with van der Waals surface area (Å²) in [6.45, 7) is 8.77. The van der Waals surface area contributed by atoms with Gasteiger partial charge in [0.15, 0.2) is 0 Å². The zero-order valence-electron chi connectivity index (χ0n) is 11.8. The molecule has 0 radical (unpaired) electrons. The lowest BCUT2D eigenvalue weighted by atomic mass is 10.1. The minimum absolute atomic E-state index is 0.586. The fourth-order valence-electron chi connectivity index (χ4n) is 1.99. The van der Waals surface area contributed by atoms with Crippen LogP contribution in [-0.2, 0) is 6.54 Å². The SMILES string of the molecule is CCCCN(Cc1cccnc1NN)C(C)CC. The van der Waals surface area contributed by atoms with Crippen molar-refractivity contribution in [1.29, 1.82) is 0 Å². The highest BCUT2D eigenvalue weighted by molar-refractivity contribution is 5.42. The van der Waals surface area contributed by atoms with Gasteiger partial charge in [0.25, 0.3) is 0 Å². The smallest absolute Gasteiger partial charge is 0.144 e. The molecule has 1 unspecified atom stereocenters. The van der Waals surface area contributed by atoms with Crippen molar-refractivity contribution in [3.63, 3.8) is 0 Å². The molecule has 0 fully saturated rings. The second-order valence-corrected chi connectivity index (χ2v) is 4.74. The highest BCUT2D eigenvalue weighted by atomic mass is 15.3. The molecule has 0 saturated heterocycles. The van der Waals surface area contributed by atoms with E-state index in [0.717, 1.165) is 30.9 Å². The minimum Gasteiger partial charge on any atom is -0.308 e. The van der Waals surface area contributed by atoms with Crippen LogP contribution in [-0.4, -0.2) is 22.5 Å². The van der Waals surface area contributed by atoms with Crippen LogP contribution in [0.1, 0.15) is 45.6 Å². The molecule has 1 rings (SSSR count). The van der Waals surface area contributed by atoms with Crippen LogP contribution in [0.15, 0.2) is 18.3 Å². The monoisotopic (exact) mass is 250 g/mol. The first kappa shape index (κ1) is 14.9. The largest absolute Gasteiger partial charge is 0.308 e. The molecule has 0 bridgehead atoms. The topological polar surface area (TPSA) is 54.2 Å². The maximum atomic E-state index is 5.50. The standard InChI is InChI=1S/C14H26N4/c1-4-6-10-18(12(3)5-2)11-13-8-7-9-16-14(13)17-15/h7-9,12H,4-6,10-11,15H2,1-3H3,(H,16,17). The average Bonchev–Trinajstić information content (AvgIpc) is 2.42. The predicted molar refractivity (Wildman–Crippen MR) is 77.1 cm³/mol. The fourth-order valence-corrected chi connectivity index (χ4v) is 1.99. The van der Waals surface area contributed by atoms with Gasteiger partial charge in [0.2, 0.25) is 0 Å². The average molecular weight is 250 g/mol. The molecule has 1 heterocycles. The number of rotatable bonds is 8. The van der Waals surface area contributed by atoms with Crippen LogP contribution in [0, 0.1) is 0 Å². The molecule has 0 aliphatic rings. The van der Waals surface area contributed by atoms with Gasteiger partial charge in [0.05, 0.1) is 0 Å². The van der Waals surface area contributed by atoms with Crippen molar-refractivity contribution in [2.24, 2.45) is 5.84 Å². The van der Waals surface area contributed by atoms with E-state index < -0.39 is 0 Å². The third kappa shape index (κ3) is 4.27. The van der Waals surface area contributed by atoms with Gasteiger partial charge in [-0.15, -0.1) is 0 Å². The van der Waals surface area contributed by atoms with Crippen LogP contribution in [0.25, 0.3) is 0 Å². The van der Waals surface area contributed by atoms with E-state index in [9.17, 15) is 0 Å². The summed E-state index contributed by atoms with van der Waals surface area (Å²) in [5, 5.41) is 0. The number of hydrazine groups is 1. The number of nitrogens with zero attached hydrogens (tertiary/aromatic N) is 2. The molecule has 0 aromatic carbocycles. The van der Waals surface area contributed by atoms with Gasteiger partial charge >= 0.3 is 0 Å². The Bertz CT molecular complexity index is 340. The maximum absolute atomic E-state index is 5.50. The molecular weight excluding hydrogens is 224 g/mol. The lowest BCUT2D eigenvalue weighted by molar-refractivity contribution is 0.192. The highest BCUT2D eigenvalue weighted by Gasteiger charge is 2.14. The molecule has 102 valence electrons. The molecule has 0 saturated carbocycles. The zero-order valence-corrected chi connectivity index (χ0v) is 11.8. The Morgan fingerprint density at radius 2 is 2.22 bits per heavy atom. The minimum atomic E-state index is 0.586. The lowest BCUT2D eigenvalue weighted by Gasteiger charge is -2.28. The normalized spacial score (nSPS) is 12.7. The third-order valence-electron chi connectivity index (χ3n) is 3.41. The summed E-state index contributed by atoms with van der Waals surface area (Å²) in [7, 11) is 0. The van der Waals surface area contributed by atoms with Crippen molar-refractivity contribution >= 4 is 5.82 Å². The number of aromatic nitrogens is 1. The Kier molecular flexibility index (Phi) is 6.68. The molecule has 4 nitrogen and oxygen atoms in total. The number of nitrogen functional groups attached to an aromatic ring is 1. The highest BCUT2D eigenvalue weighted by Crippen LogP contribution is 2.16. The van der Waals surface area contributed by atoms with Crippen LogP contribution in [0.3, 0.4) is 0 Å². The number of hydrogen-bond acceptors (Lipinski definition) is 4. The summed E-state index contributed by atoms with van der Waals surface area (Å²) in [5.74, 6) is 6.28. The molecular formula is C14H26N4. The Morgan fingerprint density at radius 3 is 2.83 bits per heavy atom. The van der Waals surface area contributed by atoms with Gasteiger partial charge in [-0.05, 0) is 32.4 Å². The van der Waals surface area contributed by atoms with Gasteiger partial charge in [0.1, 0.15) is 5.82 Å². The molecule has 0 amide bonds. The van der Waals surface area contributed by atoms with Gasteiger partial charge in [0, 0.05) is 24.3 Å². The summed E-state index contributed by atoms with van der Waals surface area (Å²) in [4.78, 5) is 6.75. The van der Waals surface area contributed by atoms with Crippen LogP contribution >= 0.6 is 0 Å². The van der Waals surface area contributed by atoms with E-state index in [4.69, 9.17) is 5.84 Å². The summed E-state index contributed by atoms with van der Waals surface area (Å²) in [6, 6.07) is 4.64. The third-order valence-corrected chi connectivity index (χ3v) is 3.41. The number of unbranched alkanes of at least 4 members (excludes halogenated alkanes) is 1. The molecule has 18 heavy (non-hydrogen) atoms. The Labute approximate surface area is 111 Å². The van der Waals surface area contributed by atoms with Gasteiger partial charge in [-0.25, -0.2) is 10.8 Å². The summed E-state index contributed by atoms with van der Waals surface area (Å²) in [6.07, 6.45) is 5.38. The van der Waals surface area contributed by atoms with Crippen LogP contribution < -0.4 is 11.3 Å². The molecule has 1 atom stereocenters. The number of hydrogen-bond donors (Lipinski definition) is 2. The zero-order chi connectivity index (χ0) is 13.4. The Balaban J connectivity index is 2.74. The molecule has 0 aliphatic heterocycles. The van der Waals surface area contributed by atoms with Crippen LogP contribution in [0.2, 0.25) is 0 Å². The first-order valence-electron chi connectivity index (χ1n) is 6.87. The first-order valence-corrected chi connectivity index (χ1v) is 6.87. The second kappa shape index (κ2) is 8.06. The lowest BCUT2D eigenvalue weighted by Crippen LogP contribution is -2.33. The van der Waals surface area contributed by atoms with Crippen molar-refractivity contribution < 1.29 is 0 Å². The molecule has 4 heteroatoms. The van der Waals surface area contributed by atoms with Gasteiger partial charge < -0.3 is 5.43 Å². The molecule has 0 aliphatic carbocycles. The van der Waals surface area contributed by atoms with Crippen LogP contribution in [0.5, 0.6) is 0 Å². The van der Waals surface area contributed by atoms with Crippen molar-refractivity contribution in [1.82, 2.24) is 9.88 Å². The molecule has 3 N–H and O–H groups in total. The summed E-state index contributed by atoms with van der Waals surface area (Å²) >= 11 is 0. The molecule has 1 aromatic rings. The van der Waals surface area contributed by atoms with Gasteiger partial charge in [-0.3, -0.25) is 4.90 Å². The van der Waals surface area contributed by atoms with E-state index in [-0.39, 0.29) is 0 Å². The van der Waals surface area contributed by atoms with E-state index in [2.05, 4.69) is 42.1 Å². The predicted octanol–water partition coefficient (Wildman–Crippen LogP) is 2.77. The van der Waals surface area contributed by atoms with Crippen LogP contribution in [0.4, 0.5) is 5.82 Å². The van der Waals surface area contributed by atoms with Gasteiger partial charge in [-0.1, -0.05) is 26.3 Å². The number of nitrogens with two attached hydrogens (primary N) is 1. The van der Waals surface area contributed by atoms with Crippen molar-refractivity contribution in [3.05, 3.63) is 23.9 Å². The van der Waals surface area contributed by atoms with Crippen molar-refractivity contribution in [2.45, 2.75) is 52.6 Å². The molecule has 1 aromatic heterocycles. The van der Waals surface area contributed by atoms with Gasteiger partial charge in [-0.2, -0.15) is 0 Å². The van der Waals surface area contributed by atoms with E-state index in [1.165, 1.54) is 12.8 Å². The Morgan fingerprint density at radius 1 is 1.44 bits per heavy atom. The van der Waals surface area contributed by atoms with E-state index >= 15 is 0 Å². The van der Waals surface area contributed by atoms with E-state index in [0.29, 0.717) is 6.04 Å². The fraction of sp³-hybridized carbons (Fsp3) is 0.643. The van der Waals surface area contributed by atoms with Crippen molar-refractivity contribution in [2.75, 3.05) is 12.0 Å². The number of pyridine rings is 1. The second-order valence-electron chi connectivity index (χ2n) is 4.74. The van der Waals surface area contributed by atoms with Crippen molar-refractivity contribution in [3.8, 4) is 0 Å². The van der Waals surface area contributed by atoms with E-state index in [1.807, 2.05) is 6.07 Å². The maximum Gasteiger partial charge on any atom is 0.144 e. The summed E-state index contributed by atoms with van der Waals surface area (Å²) < 4.78 is 0. The number of anilines is 1. The Hall–Kier alpha value is -1.13. The quantitative estimate of drug-likeness (QED) is 0.550. The van der Waals surface area contributed by atoms with E-state index in [1.54, 1.807) is 6.20 Å².